The molecule has 2 unspecified atom stereocenters. The number of benzene rings is 3. The van der Waals surface area contributed by atoms with Gasteiger partial charge >= 0.3 is 0 Å². The zero-order chi connectivity index (χ0) is 32.5. The van der Waals surface area contributed by atoms with Gasteiger partial charge in [-0.1, -0.05) is 72.8 Å². The van der Waals surface area contributed by atoms with Crippen molar-refractivity contribution in [1.29, 1.82) is 0 Å². The fourth-order valence-electron chi connectivity index (χ4n) is 8.05. The Kier molecular flexibility index (Phi) is 9.12. The molecular formula is C38H43N3O4S. The molecule has 0 saturated carbocycles. The standard InChI is InChI=1S/C38H43N3O4S/c1-4-21-39(26-27-13-7-6-8-14-27)34(43)31-32-35(44)41(23-11-12-24-42)33(38(32)20-19-37(31,3)46-38)36(45)40(22-5-2)30-18-17-28-15-9-10-16-29(28)25-30/h4-10,13-18,25,31-33,42H,1-2,11-12,19-24,26H2,3H3/t31-,32-,33?,37+,38?/m0/s1. The molecule has 1 N–H and O–H groups in total. The first-order chi connectivity index (χ1) is 22.3. The van der Waals surface area contributed by atoms with Gasteiger partial charge in [0.25, 0.3) is 5.91 Å². The summed E-state index contributed by atoms with van der Waals surface area (Å²) in [6.07, 6.45) is 5.99. The number of nitrogens with zero attached hydrogens (tertiary/aromatic N) is 3. The number of carbonyl (C=O) groups is 3. The zero-order valence-corrected chi connectivity index (χ0v) is 27.3. The largest absolute Gasteiger partial charge is 0.396 e. The summed E-state index contributed by atoms with van der Waals surface area (Å²) >= 11 is 1.69. The lowest BCUT2D eigenvalue weighted by molar-refractivity contribution is -0.145. The number of aliphatic hydroxyl groups excluding tert-OH is 1. The zero-order valence-electron chi connectivity index (χ0n) is 26.5. The SMILES string of the molecule is C=CCN(Cc1ccccc1)C(=O)[C@@H]1[C@H]2C(=O)N(CCCCO)C(C(=O)N(CC=C)c3ccc4ccccc4c3)C23CC[C@@]1(C)S3. The number of hydrogen-bond donors (Lipinski definition) is 1. The van der Waals surface area contributed by atoms with E-state index >= 15 is 0 Å². The van der Waals surface area contributed by atoms with Crippen molar-refractivity contribution >= 4 is 45.9 Å². The number of thioether (sulfide) groups is 1. The van der Waals surface area contributed by atoms with Crippen LogP contribution in [0.4, 0.5) is 5.69 Å². The van der Waals surface area contributed by atoms with Crippen LogP contribution in [0, 0.1) is 11.8 Å². The van der Waals surface area contributed by atoms with Gasteiger partial charge in [-0.3, -0.25) is 14.4 Å². The van der Waals surface area contributed by atoms with E-state index in [0.29, 0.717) is 45.4 Å². The van der Waals surface area contributed by atoms with Crippen LogP contribution < -0.4 is 4.90 Å². The molecule has 7 nitrogen and oxygen atoms in total. The molecule has 1 spiro atoms. The van der Waals surface area contributed by atoms with E-state index in [2.05, 4.69) is 20.1 Å². The minimum Gasteiger partial charge on any atom is -0.396 e. The number of hydrogen-bond acceptors (Lipinski definition) is 5. The molecule has 0 radical (unpaired) electrons. The number of amides is 3. The van der Waals surface area contributed by atoms with Crippen LogP contribution in [0.1, 0.15) is 38.2 Å². The molecule has 3 amide bonds. The Bertz CT molecular complexity index is 1650. The summed E-state index contributed by atoms with van der Waals surface area (Å²) in [6.45, 7) is 11.4. The second kappa shape index (κ2) is 13.1. The monoisotopic (exact) mass is 637 g/mol. The predicted molar refractivity (Wildman–Crippen MR) is 185 cm³/mol. The Labute approximate surface area is 275 Å². The molecule has 3 heterocycles. The van der Waals surface area contributed by atoms with E-state index in [-0.39, 0.29) is 24.3 Å². The molecule has 2 bridgehead atoms. The molecule has 5 atom stereocenters. The quantitative estimate of drug-likeness (QED) is 0.189. The molecule has 0 aliphatic carbocycles. The van der Waals surface area contributed by atoms with E-state index in [9.17, 15) is 19.5 Å². The highest BCUT2D eigenvalue weighted by molar-refractivity contribution is 8.02. The lowest BCUT2D eigenvalue weighted by Crippen LogP contribution is -2.55. The van der Waals surface area contributed by atoms with Crippen molar-refractivity contribution in [3.63, 3.8) is 0 Å². The molecule has 6 rings (SSSR count). The fraction of sp³-hybridized carbons (Fsp3) is 0.395. The Hall–Kier alpha value is -3.88. The topological polar surface area (TPSA) is 81.2 Å². The summed E-state index contributed by atoms with van der Waals surface area (Å²) in [4.78, 5) is 49.5. The molecular weight excluding hydrogens is 595 g/mol. The summed E-state index contributed by atoms with van der Waals surface area (Å²) < 4.78 is -1.21. The summed E-state index contributed by atoms with van der Waals surface area (Å²) in [7, 11) is 0. The molecule has 3 aliphatic rings. The van der Waals surface area contributed by atoms with E-state index in [1.54, 1.807) is 33.7 Å². The number of rotatable bonds is 13. The van der Waals surface area contributed by atoms with Crippen LogP contribution >= 0.6 is 11.8 Å². The number of carbonyl (C=O) groups excluding carboxylic acids is 3. The smallest absolute Gasteiger partial charge is 0.251 e. The third-order valence-corrected chi connectivity index (χ3v) is 12.1. The molecule has 3 aromatic rings. The van der Waals surface area contributed by atoms with Crippen molar-refractivity contribution in [3.05, 3.63) is 104 Å². The number of unbranched alkanes of at least 4 members (excludes halogenated alkanes) is 1. The second-order valence-electron chi connectivity index (χ2n) is 13.0. The maximum atomic E-state index is 15.0. The minimum absolute atomic E-state index is 0.0127. The van der Waals surface area contributed by atoms with Crippen LogP contribution in [0.15, 0.2) is 98.1 Å². The number of fused-ring (bicyclic) bond motifs is 2. The summed E-state index contributed by atoms with van der Waals surface area (Å²) in [6, 6.07) is 23.2. The van der Waals surface area contributed by atoms with Gasteiger partial charge < -0.3 is 19.8 Å². The van der Waals surface area contributed by atoms with Crippen molar-refractivity contribution in [2.45, 2.75) is 54.7 Å². The highest BCUT2D eigenvalue weighted by atomic mass is 32.2. The number of aliphatic hydroxyl groups is 1. The van der Waals surface area contributed by atoms with Gasteiger partial charge in [-0.05, 0) is 61.1 Å². The first-order valence-corrected chi connectivity index (χ1v) is 17.1. The van der Waals surface area contributed by atoms with Crippen LogP contribution in [0.5, 0.6) is 0 Å². The normalized spacial score (nSPS) is 26.3. The van der Waals surface area contributed by atoms with Crippen LogP contribution in [0.25, 0.3) is 10.8 Å². The van der Waals surface area contributed by atoms with Crippen molar-refractivity contribution < 1.29 is 19.5 Å². The van der Waals surface area contributed by atoms with E-state index < -0.39 is 27.4 Å². The number of anilines is 1. The van der Waals surface area contributed by atoms with E-state index in [1.807, 2.05) is 77.7 Å². The highest BCUT2D eigenvalue weighted by Crippen LogP contribution is 2.71. The van der Waals surface area contributed by atoms with Gasteiger partial charge in [-0.15, -0.1) is 24.9 Å². The first-order valence-electron chi connectivity index (χ1n) is 16.2. The Morgan fingerprint density at radius 2 is 1.67 bits per heavy atom. The van der Waals surface area contributed by atoms with Crippen LogP contribution in [0.3, 0.4) is 0 Å². The second-order valence-corrected chi connectivity index (χ2v) is 14.8. The maximum absolute atomic E-state index is 15.0. The molecule has 8 heteroatoms. The van der Waals surface area contributed by atoms with Crippen molar-refractivity contribution in [2.24, 2.45) is 11.8 Å². The average Bonchev–Trinajstić information content (AvgIpc) is 3.63. The van der Waals surface area contributed by atoms with Crippen molar-refractivity contribution in [3.8, 4) is 0 Å². The molecule has 240 valence electrons. The fourth-order valence-corrected chi connectivity index (χ4v) is 10.4. The molecule has 3 aliphatic heterocycles. The predicted octanol–water partition coefficient (Wildman–Crippen LogP) is 5.83. The van der Waals surface area contributed by atoms with Crippen LogP contribution in [-0.2, 0) is 20.9 Å². The summed E-state index contributed by atoms with van der Waals surface area (Å²) in [5.74, 6) is -1.50. The van der Waals surface area contributed by atoms with Gasteiger partial charge in [0, 0.05) is 43.2 Å². The lowest BCUT2D eigenvalue weighted by Gasteiger charge is -2.38. The van der Waals surface area contributed by atoms with E-state index in [1.165, 1.54) is 0 Å². The first kappa shape index (κ1) is 32.1. The van der Waals surface area contributed by atoms with Crippen molar-refractivity contribution in [1.82, 2.24) is 9.80 Å². The Balaban J connectivity index is 1.39. The van der Waals surface area contributed by atoms with Crippen molar-refractivity contribution in [2.75, 3.05) is 31.1 Å². The minimum atomic E-state index is -0.735. The van der Waals surface area contributed by atoms with Gasteiger partial charge in [-0.2, -0.15) is 0 Å². The third-order valence-electron chi connectivity index (χ3n) is 10.1. The van der Waals surface area contributed by atoms with Gasteiger partial charge in [0.05, 0.1) is 16.6 Å². The van der Waals surface area contributed by atoms with Crippen LogP contribution in [0.2, 0.25) is 0 Å². The van der Waals surface area contributed by atoms with Gasteiger partial charge in [0.1, 0.15) is 6.04 Å². The van der Waals surface area contributed by atoms with Gasteiger partial charge in [-0.25, -0.2) is 0 Å². The maximum Gasteiger partial charge on any atom is 0.251 e. The molecule has 3 aromatic carbocycles. The number of likely N-dealkylation sites (tertiary alicyclic amines) is 1. The molecule has 0 aromatic heterocycles. The van der Waals surface area contributed by atoms with Crippen LogP contribution in [-0.4, -0.2) is 74.4 Å². The Morgan fingerprint density at radius 3 is 2.39 bits per heavy atom. The Morgan fingerprint density at radius 1 is 0.957 bits per heavy atom. The molecule has 3 fully saturated rings. The van der Waals surface area contributed by atoms with E-state index in [0.717, 1.165) is 28.4 Å². The summed E-state index contributed by atoms with van der Waals surface area (Å²) in [5, 5.41) is 11.7. The average molecular weight is 638 g/mol. The van der Waals surface area contributed by atoms with Gasteiger partial charge in [0.15, 0.2) is 0 Å². The highest BCUT2D eigenvalue weighted by Gasteiger charge is 2.77. The molecule has 46 heavy (non-hydrogen) atoms. The summed E-state index contributed by atoms with van der Waals surface area (Å²) in [5.41, 5.74) is 1.77. The molecule has 3 saturated heterocycles. The lowest BCUT2D eigenvalue weighted by atomic mass is 9.66. The van der Waals surface area contributed by atoms with E-state index in [4.69, 9.17) is 0 Å². The van der Waals surface area contributed by atoms with Gasteiger partial charge in [0.2, 0.25) is 11.8 Å². The third kappa shape index (κ3) is 5.45.